The summed E-state index contributed by atoms with van der Waals surface area (Å²) in [6, 6.07) is 8.65. The van der Waals surface area contributed by atoms with Crippen molar-refractivity contribution in [1.82, 2.24) is 10.6 Å². The number of benzene rings is 1. The molecule has 1 aromatic carbocycles. The van der Waals surface area contributed by atoms with Gasteiger partial charge in [-0.3, -0.25) is 0 Å². The first-order valence-corrected chi connectivity index (χ1v) is 6.72. The van der Waals surface area contributed by atoms with Crippen molar-refractivity contribution in [3.63, 3.8) is 0 Å². The molecule has 2 N–H and O–H groups in total. The highest BCUT2D eigenvalue weighted by Gasteiger charge is 2.23. The largest absolute Gasteiger partial charge is 0.335 e. The predicted octanol–water partition coefficient (Wildman–Crippen LogP) is 3.02. The van der Waals surface area contributed by atoms with Gasteiger partial charge < -0.3 is 10.6 Å². The Morgan fingerprint density at radius 2 is 2.00 bits per heavy atom. The van der Waals surface area contributed by atoms with Crippen LogP contribution in [0.15, 0.2) is 24.3 Å². The summed E-state index contributed by atoms with van der Waals surface area (Å²) >= 11 is 0. The minimum absolute atomic E-state index is 0.0575. The van der Waals surface area contributed by atoms with Gasteiger partial charge in [-0.1, -0.05) is 38.1 Å². The van der Waals surface area contributed by atoms with Gasteiger partial charge in [-0.15, -0.1) is 0 Å². The molecule has 1 aliphatic rings. The minimum Gasteiger partial charge on any atom is -0.335 e. The summed E-state index contributed by atoms with van der Waals surface area (Å²) in [5, 5.41) is 6.06. The zero-order valence-electron chi connectivity index (χ0n) is 11.4. The summed E-state index contributed by atoms with van der Waals surface area (Å²) in [7, 11) is 0. The number of hydrogen-bond donors (Lipinski definition) is 2. The van der Waals surface area contributed by atoms with E-state index in [9.17, 15) is 4.79 Å². The summed E-state index contributed by atoms with van der Waals surface area (Å²) in [5.41, 5.74) is 2.63. The van der Waals surface area contributed by atoms with E-state index < -0.39 is 0 Å². The predicted molar refractivity (Wildman–Crippen MR) is 73.5 cm³/mol. The minimum atomic E-state index is -0.0575. The van der Waals surface area contributed by atoms with Crippen molar-refractivity contribution in [2.45, 2.75) is 45.7 Å². The Bertz CT molecular complexity index is 428. The van der Waals surface area contributed by atoms with E-state index in [-0.39, 0.29) is 18.1 Å². The van der Waals surface area contributed by atoms with Gasteiger partial charge in [0.05, 0.1) is 6.04 Å². The van der Waals surface area contributed by atoms with Crippen molar-refractivity contribution in [2.24, 2.45) is 5.92 Å². The molecule has 98 valence electrons. The van der Waals surface area contributed by atoms with Crippen molar-refractivity contribution in [3.05, 3.63) is 35.4 Å². The molecule has 2 unspecified atom stereocenters. The average molecular weight is 246 g/mol. The third kappa shape index (κ3) is 2.84. The second-order valence-corrected chi connectivity index (χ2v) is 5.44. The van der Waals surface area contributed by atoms with Crippen LogP contribution in [0.2, 0.25) is 0 Å². The third-order valence-corrected chi connectivity index (χ3v) is 3.80. The number of hydrogen-bond acceptors (Lipinski definition) is 1. The van der Waals surface area contributed by atoms with Gasteiger partial charge in [0.1, 0.15) is 0 Å². The summed E-state index contributed by atoms with van der Waals surface area (Å²) < 4.78 is 0. The maximum absolute atomic E-state index is 11.9. The van der Waals surface area contributed by atoms with Crippen molar-refractivity contribution in [2.75, 3.05) is 0 Å². The Hall–Kier alpha value is -1.51. The number of carbonyl (C=O) groups is 1. The van der Waals surface area contributed by atoms with Gasteiger partial charge in [0.15, 0.2) is 0 Å². The Morgan fingerprint density at radius 3 is 2.72 bits per heavy atom. The zero-order valence-corrected chi connectivity index (χ0v) is 11.4. The second-order valence-electron chi connectivity index (χ2n) is 5.44. The molecule has 0 saturated heterocycles. The molecule has 0 radical (unpaired) electrons. The Labute approximate surface area is 109 Å². The van der Waals surface area contributed by atoms with E-state index in [0.717, 1.165) is 12.8 Å². The molecule has 1 aromatic rings. The van der Waals surface area contributed by atoms with Gasteiger partial charge in [-0.2, -0.15) is 0 Å². The highest BCUT2D eigenvalue weighted by atomic mass is 16.2. The van der Waals surface area contributed by atoms with E-state index in [4.69, 9.17) is 0 Å². The number of amides is 2. The van der Waals surface area contributed by atoms with Crippen LogP contribution >= 0.6 is 0 Å². The topological polar surface area (TPSA) is 41.1 Å². The maximum atomic E-state index is 11.9. The van der Waals surface area contributed by atoms with Crippen molar-refractivity contribution >= 4 is 6.03 Å². The molecule has 1 aliphatic carbocycles. The van der Waals surface area contributed by atoms with Crippen LogP contribution in [0.5, 0.6) is 0 Å². The van der Waals surface area contributed by atoms with Crippen molar-refractivity contribution in [3.8, 4) is 0 Å². The van der Waals surface area contributed by atoms with Crippen LogP contribution in [0.3, 0.4) is 0 Å². The molecule has 0 aliphatic heterocycles. The van der Waals surface area contributed by atoms with Crippen LogP contribution < -0.4 is 10.6 Å². The summed E-state index contributed by atoms with van der Waals surface area (Å²) in [5.74, 6) is 0.451. The van der Waals surface area contributed by atoms with Crippen LogP contribution in [0.25, 0.3) is 0 Å². The van der Waals surface area contributed by atoms with Crippen LogP contribution in [0, 0.1) is 5.92 Å². The fraction of sp³-hybridized carbons (Fsp3) is 0.533. The molecule has 0 spiro atoms. The van der Waals surface area contributed by atoms with Gasteiger partial charge in [-0.05, 0) is 36.8 Å². The van der Waals surface area contributed by atoms with E-state index >= 15 is 0 Å². The quantitative estimate of drug-likeness (QED) is 0.845. The van der Waals surface area contributed by atoms with Crippen molar-refractivity contribution < 1.29 is 4.79 Å². The summed E-state index contributed by atoms with van der Waals surface area (Å²) in [4.78, 5) is 11.9. The normalized spacial score (nSPS) is 19.4. The molecule has 18 heavy (non-hydrogen) atoms. The van der Waals surface area contributed by atoms with E-state index in [1.165, 1.54) is 11.1 Å². The molecular formula is C15H22N2O. The lowest BCUT2D eigenvalue weighted by Gasteiger charge is -2.20. The summed E-state index contributed by atoms with van der Waals surface area (Å²) in [6.07, 6.45) is 2.06. The molecule has 0 bridgehead atoms. The maximum Gasteiger partial charge on any atom is 0.315 e. The number of urea groups is 1. The standard InChI is InChI=1S/C15H22N2O/c1-10(2)11(3)16-15(18)17-14-9-8-12-6-4-5-7-13(12)14/h4-7,10-11,14H,8-9H2,1-3H3,(H2,16,17,18). The summed E-state index contributed by atoms with van der Waals surface area (Å²) in [6.45, 7) is 6.25. The number of aryl methyl sites for hydroxylation is 1. The monoisotopic (exact) mass is 246 g/mol. The van der Waals surface area contributed by atoms with Gasteiger partial charge in [0, 0.05) is 6.04 Å². The lowest BCUT2D eigenvalue weighted by atomic mass is 10.1. The molecule has 0 heterocycles. The SMILES string of the molecule is CC(C)C(C)NC(=O)NC1CCc2ccccc21. The first-order chi connectivity index (χ1) is 8.58. The molecule has 0 fully saturated rings. The average Bonchev–Trinajstić information content (AvgIpc) is 2.72. The van der Waals surface area contributed by atoms with Crippen LogP contribution in [0.1, 0.15) is 44.4 Å². The third-order valence-electron chi connectivity index (χ3n) is 3.80. The second kappa shape index (κ2) is 5.42. The van der Waals surface area contributed by atoms with Crippen molar-refractivity contribution in [1.29, 1.82) is 0 Å². The van der Waals surface area contributed by atoms with Gasteiger partial charge in [0.25, 0.3) is 0 Å². The Balaban J connectivity index is 1.94. The molecule has 2 rings (SSSR count). The fourth-order valence-corrected chi connectivity index (χ4v) is 2.28. The lowest BCUT2D eigenvalue weighted by Crippen LogP contribution is -2.43. The molecule has 0 aromatic heterocycles. The smallest absolute Gasteiger partial charge is 0.315 e. The first kappa shape index (κ1) is 12.9. The van der Waals surface area contributed by atoms with Gasteiger partial charge in [-0.25, -0.2) is 4.79 Å². The van der Waals surface area contributed by atoms with E-state index in [1.807, 2.05) is 13.0 Å². The number of carbonyl (C=O) groups excluding carboxylic acids is 1. The van der Waals surface area contributed by atoms with E-state index in [0.29, 0.717) is 5.92 Å². The highest BCUT2D eigenvalue weighted by molar-refractivity contribution is 5.75. The number of nitrogens with one attached hydrogen (secondary N) is 2. The molecule has 2 atom stereocenters. The van der Waals surface area contributed by atoms with E-state index in [2.05, 4.69) is 42.7 Å². The highest BCUT2D eigenvalue weighted by Crippen LogP contribution is 2.30. The first-order valence-electron chi connectivity index (χ1n) is 6.72. The van der Waals surface area contributed by atoms with Crippen LogP contribution in [-0.4, -0.2) is 12.1 Å². The fourth-order valence-electron chi connectivity index (χ4n) is 2.28. The lowest BCUT2D eigenvalue weighted by molar-refractivity contribution is 0.230. The Kier molecular flexibility index (Phi) is 3.90. The van der Waals surface area contributed by atoms with Gasteiger partial charge >= 0.3 is 6.03 Å². The molecule has 2 amide bonds. The zero-order chi connectivity index (χ0) is 13.1. The molecule has 3 nitrogen and oxygen atoms in total. The van der Waals surface area contributed by atoms with Gasteiger partial charge in [0.2, 0.25) is 0 Å². The molecule has 3 heteroatoms. The number of rotatable bonds is 3. The molecular weight excluding hydrogens is 224 g/mol. The Morgan fingerprint density at radius 1 is 1.28 bits per heavy atom. The number of fused-ring (bicyclic) bond motifs is 1. The van der Waals surface area contributed by atoms with Crippen LogP contribution in [0.4, 0.5) is 4.79 Å². The van der Waals surface area contributed by atoms with Crippen LogP contribution in [-0.2, 0) is 6.42 Å². The van der Waals surface area contributed by atoms with E-state index in [1.54, 1.807) is 0 Å². The molecule has 0 saturated carbocycles.